The monoisotopic (exact) mass is 310 g/mol. The SMILES string of the molecule is CC(C)(C)OCCC1CCN(CC2CN(C(C)(C)C)C2)CC1. The van der Waals surface area contributed by atoms with Gasteiger partial charge in [-0.3, -0.25) is 4.90 Å². The normalized spacial score (nSPS) is 23.7. The molecule has 0 aromatic carbocycles. The fourth-order valence-corrected chi connectivity index (χ4v) is 3.59. The maximum Gasteiger partial charge on any atom is 0.0598 e. The van der Waals surface area contributed by atoms with Gasteiger partial charge in [0.05, 0.1) is 5.60 Å². The van der Waals surface area contributed by atoms with E-state index in [-0.39, 0.29) is 5.60 Å². The third-order valence-electron chi connectivity index (χ3n) is 5.19. The molecule has 0 atom stereocenters. The molecular weight excluding hydrogens is 272 g/mol. The Bertz CT molecular complexity index is 328. The fraction of sp³-hybridized carbons (Fsp3) is 1.00. The van der Waals surface area contributed by atoms with Crippen LogP contribution in [0.5, 0.6) is 0 Å². The molecule has 3 heteroatoms. The summed E-state index contributed by atoms with van der Waals surface area (Å²) < 4.78 is 5.87. The molecule has 2 aliphatic rings. The van der Waals surface area contributed by atoms with E-state index in [4.69, 9.17) is 4.74 Å². The van der Waals surface area contributed by atoms with Gasteiger partial charge in [0.2, 0.25) is 0 Å². The van der Waals surface area contributed by atoms with Crippen molar-refractivity contribution in [3.63, 3.8) is 0 Å². The predicted octanol–water partition coefficient (Wildman–Crippen LogP) is 3.63. The number of nitrogens with zero attached hydrogens (tertiary/aromatic N) is 2. The van der Waals surface area contributed by atoms with Crippen LogP contribution in [0.2, 0.25) is 0 Å². The Kier molecular flexibility index (Phi) is 5.95. The minimum Gasteiger partial charge on any atom is -0.376 e. The standard InChI is InChI=1S/C19H38N2O/c1-18(2,3)21-14-17(15-21)13-20-10-7-16(8-11-20)9-12-22-19(4,5)6/h16-17H,7-15H2,1-6H3. The molecule has 0 aromatic heterocycles. The lowest BCUT2D eigenvalue weighted by Crippen LogP contribution is -2.58. The summed E-state index contributed by atoms with van der Waals surface area (Å²) in [5.41, 5.74) is 0.375. The van der Waals surface area contributed by atoms with E-state index in [2.05, 4.69) is 51.3 Å². The zero-order valence-electron chi connectivity index (χ0n) is 15.8. The molecule has 2 heterocycles. The maximum absolute atomic E-state index is 5.87. The lowest BCUT2D eigenvalue weighted by molar-refractivity contribution is -0.0185. The van der Waals surface area contributed by atoms with Gasteiger partial charge in [-0.2, -0.15) is 0 Å². The van der Waals surface area contributed by atoms with Crippen molar-refractivity contribution < 1.29 is 4.74 Å². The van der Waals surface area contributed by atoms with E-state index < -0.39 is 0 Å². The van der Waals surface area contributed by atoms with E-state index >= 15 is 0 Å². The number of rotatable bonds is 5. The van der Waals surface area contributed by atoms with Crippen molar-refractivity contribution in [2.75, 3.05) is 39.3 Å². The van der Waals surface area contributed by atoms with E-state index in [1.807, 2.05) is 0 Å². The van der Waals surface area contributed by atoms with Gasteiger partial charge in [-0.15, -0.1) is 0 Å². The zero-order chi connectivity index (χ0) is 16.4. The smallest absolute Gasteiger partial charge is 0.0598 e. The van der Waals surface area contributed by atoms with Gasteiger partial charge in [0.25, 0.3) is 0 Å². The molecule has 130 valence electrons. The third kappa shape index (κ3) is 5.82. The Morgan fingerprint density at radius 3 is 2.00 bits per heavy atom. The summed E-state index contributed by atoms with van der Waals surface area (Å²) in [5, 5.41) is 0. The lowest BCUT2D eigenvalue weighted by Gasteiger charge is -2.49. The molecule has 22 heavy (non-hydrogen) atoms. The van der Waals surface area contributed by atoms with Crippen molar-refractivity contribution in [2.24, 2.45) is 11.8 Å². The summed E-state index contributed by atoms with van der Waals surface area (Å²) >= 11 is 0. The van der Waals surface area contributed by atoms with Gasteiger partial charge >= 0.3 is 0 Å². The Morgan fingerprint density at radius 1 is 0.909 bits per heavy atom. The van der Waals surface area contributed by atoms with Crippen LogP contribution in [0.25, 0.3) is 0 Å². The first kappa shape index (κ1) is 18.2. The van der Waals surface area contributed by atoms with Crippen molar-refractivity contribution in [3.8, 4) is 0 Å². The Labute approximate surface area is 138 Å². The molecular formula is C19H38N2O. The molecule has 2 rings (SSSR count). The predicted molar refractivity (Wildman–Crippen MR) is 94.3 cm³/mol. The largest absolute Gasteiger partial charge is 0.376 e. The third-order valence-corrected chi connectivity index (χ3v) is 5.19. The highest BCUT2D eigenvalue weighted by atomic mass is 16.5. The quantitative estimate of drug-likeness (QED) is 0.771. The molecule has 0 unspecified atom stereocenters. The van der Waals surface area contributed by atoms with Crippen LogP contribution in [0.3, 0.4) is 0 Å². The van der Waals surface area contributed by atoms with E-state index in [0.29, 0.717) is 5.54 Å². The van der Waals surface area contributed by atoms with Crippen LogP contribution >= 0.6 is 0 Å². The summed E-state index contributed by atoms with van der Waals surface area (Å²) in [5.74, 6) is 1.78. The van der Waals surface area contributed by atoms with Crippen molar-refractivity contribution in [2.45, 2.75) is 71.9 Å². The first-order valence-electron chi connectivity index (χ1n) is 9.25. The van der Waals surface area contributed by atoms with Gasteiger partial charge in [0, 0.05) is 31.8 Å². The minimum absolute atomic E-state index is 0.0177. The number of piperidine rings is 1. The molecule has 3 nitrogen and oxygen atoms in total. The van der Waals surface area contributed by atoms with E-state index in [1.165, 1.54) is 52.0 Å². The molecule has 0 N–H and O–H groups in total. The highest BCUT2D eigenvalue weighted by Gasteiger charge is 2.35. The Hall–Kier alpha value is -0.120. The van der Waals surface area contributed by atoms with Gasteiger partial charge in [0.1, 0.15) is 0 Å². The maximum atomic E-state index is 5.87. The number of ether oxygens (including phenoxy) is 1. The summed E-state index contributed by atoms with van der Waals surface area (Å²) in [6.45, 7) is 20.9. The van der Waals surface area contributed by atoms with Crippen molar-refractivity contribution in [1.29, 1.82) is 0 Å². The molecule has 0 radical (unpaired) electrons. The molecule has 0 aliphatic carbocycles. The van der Waals surface area contributed by atoms with E-state index in [9.17, 15) is 0 Å². The van der Waals surface area contributed by atoms with Crippen molar-refractivity contribution in [1.82, 2.24) is 9.80 Å². The lowest BCUT2D eigenvalue weighted by atomic mass is 9.90. The van der Waals surface area contributed by atoms with Gasteiger partial charge in [0.15, 0.2) is 0 Å². The number of likely N-dealkylation sites (tertiary alicyclic amines) is 2. The van der Waals surface area contributed by atoms with Crippen LogP contribution in [0.15, 0.2) is 0 Å². The molecule has 0 spiro atoms. The molecule has 0 amide bonds. The average Bonchev–Trinajstić information content (AvgIpc) is 2.32. The number of hydrogen-bond acceptors (Lipinski definition) is 3. The van der Waals surface area contributed by atoms with Crippen LogP contribution < -0.4 is 0 Å². The van der Waals surface area contributed by atoms with Crippen LogP contribution in [0.4, 0.5) is 0 Å². The Morgan fingerprint density at radius 2 is 1.50 bits per heavy atom. The fourth-order valence-electron chi connectivity index (χ4n) is 3.59. The second-order valence-electron chi connectivity index (χ2n) is 9.44. The van der Waals surface area contributed by atoms with Gasteiger partial charge in [-0.25, -0.2) is 0 Å². The first-order chi connectivity index (χ1) is 10.1. The second kappa shape index (κ2) is 7.19. The van der Waals surface area contributed by atoms with Crippen molar-refractivity contribution in [3.05, 3.63) is 0 Å². The van der Waals surface area contributed by atoms with Crippen molar-refractivity contribution >= 4 is 0 Å². The minimum atomic E-state index is 0.0177. The Balaban J connectivity index is 1.57. The van der Waals surface area contributed by atoms with Crippen LogP contribution in [0, 0.1) is 11.8 Å². The average molecular weight is 311 g/mol. The van der Waals surface area contributed by atoms with Crippen LogP contribution in [-0.4, -0.2) is 60.3 Å². The molecule has 0 bridgehead atoms. The second-order valence-corrected chi connectivity index (χ2v) is 9.44. The molecule has 2 saturated heterocycles. The summed E-state index contributed by atoms with van der Waals surface area (Å²) in [7, 11) is 0. The highest BCUT2D eigenvalue weighted by molar-refractivity contribution is 4.90. The molecule has 2 aliphatic heterocycles. The molecule has 0 aromatic rings. The molecule has 2 fully saturated rings. The zero-order valence-corrected chi connectivity index (χ0v) is 15.8. The van der Waals surface area contributed by atoms with Gasteiger partial charge in [-0.1, -0.05) is 0 Å². The van der Waals surface area contributed by atoms with Gasteiger partial charge < -0.3 is 9.64 Å². The number of hydrogen-bond donors (Lipinski definition) is 0. The van der Waals surface area contributed by atoms with E-state index in [0.717, 1.165) is 18.4 Å². The van der Waals surface area contributed by atoms with Crippen LogP contribution in [-0.2, 0) is 4.74 Å². The summed E-state index contributed by atoms with van der Waals surface area (Å²) in [6.07, 6.45) is 3.97. The van der Waals surface area contributed by atoms with Gasteiger partial charge in [-0.05, 0) is 85.7 Å². The summed E-state index contributed by atoms with van der Waals surface area (Å²) in [6, 6.07) is 0. The van der Waals surface area contributed by atoms with Crippen LogP contribution in [0.1, 0.15) is 60.8 Å². The summed E-state index contributed by atoms with van der Waals surface area (Å²) in [4.78, 5) is 5.31. The topological polar surface area (TPSA) is 15.7 Å². The molecule has 0 saturated carbocycles. The van der Waals surface area contributed by atoms with E-state index in [1.54, 1.807) is 0 Å². The highest BCUT2D eigenvalue weighted by Crippen LogP contribution is 2.28. The first-order valence-corrected chi connectivity index (χ1v) is 9.25.